The van der Waals surface area contributed by atoms with Crippen LogP contribution < -0.4 is 5.32 Å². The molecule has 1 N–H and O–H groups in total. The molecule has 7 nitrogen and oxygen atoms in total. The summed E-state index contributed by atoms with van der Waals surface area (Å²) >= 11 is 0. The van der Waals surface area contributed by atoms with E-state index in [9.17, 15) is 22.8 Å². The zero-order valence-corrected chi connectivity index (χ0v) is 12.5. The number of rotatable bonds is 3. The van der Waals surface area contributed by atoms with Gasteiger partial charge in [0, 0.05) is 18.9 Å². The molecule has 2 amide bonds. The molecule has 0 aliphatic carbocycles. The quantitative estimate of drug-likeness (QED) is 0.858. The van der Waals surface area contributed by atoms with Crippen molar-refractivity contribution in [2.24, 2.45) is 5.92 Å². The van der Waals surface area contributed by atoms with Gasteiger partial charge >= 0.3 is 6.18 Å². The maximum atomic E-state index is 12.5. The highest BCUT2D eigenvalue weighted by molar-refractivity contribution is 6.06. The van der Waals surface area contributed by atoms with E-state index < -0.39 is 30.5 Å². The van der Waals surface area contributed by atoms with Crippen molar-refractivity contribution < 1.29 is 22.8 Å². The molecule has 1 unspecified atom stereocenters. The van der Waals surface area contributed by atoms with Gasteiger partial charge < -0.3 is 10.2 Å². The first-order chi connectivity index (χ1) is 11.3. The Morgan fingerprint density at radius 3 is 2.92 bits per heavy atom. The molecule has 0 aromatic carbocycles. The lowest BCUT2D eigenvalue weighted by Crippen LogP contribution is -2.49. The van der Waals surface area contributed by atoms with Crippen molar-refractivity contribution in [1.29, 1.82) is 0 Å². The summed E-state index contributed by atoms with van der Waals surface area (Å²) in [6.07, 6.45) is 2.05. The molecule has 3 rings (SSSR count). The molecule has 128 valence electrons. The van der Waals surface area contributed by atoms with E-state index in [2.05, 4.69) is 15.3 Å². The Morgan fingerprint density at radius 1 is 1.38 bits per heavy atom. The predicted octanol–water partition coefficient (Wildman–Crippen LogP) is 1.47. The van der Waals surface area contributed by atoms with Gasteiger partial charge in [-0.15, -0.1) is 0 Å². The Labute approximate surface area is 134 Å². The number of imidazole rings is 1. The van der Waals surface area contributed by atoms with Crippen LogP contribution >= 0.6 is 0 Å². The number of likely N-dealkylation sites (tertiary alicyclic amines) is 1. The van der Waals surface area contributed by atoms with Crippen LogP contribution in [0.4, 0.5) is 19.0 Å². The third-order valence-electron chi connectivity index (χ3n) is 3.79. The maximum absolute atomic E-state index is 12.5. The summed E-state index contributed by atoms with van der Waals surface area (Å²) in [5, 5.41) is 2.55. The van der Waals surface area contributed by atoms with Crippen molar-refractivity contribution in [3.8, 4) is 0 Å². The van der Waals surface area contributed by atoms with Crippen LogP contribution in [-0.4, -0.2) is 50.3 Å². The normalized spacial score (nSPS) is 18.9. The van der Waals surface area contributed by atoms with Gasteiger partial charge in [-0.1, -0.05) is 0 Å². The van der Waals surface area contributed by atoms with Gasteiger partial charge in [0.05, 0.1) is 12.4 Å². The highest BCUT2D eigenvalue weighted by atomic mass is 19.4. The molecular formula is C14H14F3N5O2. The lowest BCUT2D eigenvalue weighted by molar-refractivity contribution is -0.167. The van der Waals surface area contributed by atoms with E-state index in [0.29, 0.717) is 22.8 Å². The van der Waals surface area contributed by atoms with E-state index in [1.165, 1.54) is 18.6 Å². The van der Waals surface area contributed by atoms with Gasteiger partial charge in [0.1, 0.15) is 18.3 Å². The van der Waals surface area contributed by atoms with Crippen LogP contribution in [0.15, 0.2) is 24.8 Å². The molecule has 1 saturated heterocycles. The minimum absolute atomic E-state index is 0.00338. The zero-order chi connectivity index (χ0) is 17.3. The molecule has 0 bridgehead atoms. The van der Waals surface area contributed by atoms with Crippen molar-refractivity contribution in [3.63, 3.8) is 0 Å². The van der Waals surface area contributed by atoms with Gasteiger partial charge in [0.2, 0.25) is 11.8 Å². The summed E-state index contributed by atoms with van der Waals surface area (Å²) in [6.45, 7) is -1.33. The molecule has 2 aromatic heterocycles. The summed E-state index contributed by atoms with van der Waals surface area (Å²) in [4.78, 5) is 33.1. The number of piperidine rings is 1. The molecule has 1 aliphatic heterocycles. The number of fused-ring (bicyclic) bond motifs is 1. The first-order valence-corrected chi connectivity index (χ1v) is 7.28. The van der Waals surface area contributed by atoms with Crippen LogP contribution in [0.3, 0.4) is 0 Å². The highest BCUT2D eigenvalue weighted by Crippen LogP contribution is 2.24. The number of anilines is 1. The summed E-state index contributed by atoms with van der Waals surface area (Å²) in [5.41, 5.74) is 0.501. The van der Waals surface area contributed by atoms with Crippen molar-refractivity contribution >= 4 is 23.3 Å². The minimum atomic E-state index is -4.48. The number of carbonyl (C=O) groups excluding carboxylic acids is 2. The minimum Gasteiger partial charge on any atom is -0.333 e. The average molecular weight is 341 g/mol. The largest absolute Gasteiger partial charge is 0.406 e. The van der Waals surface area contributed by atoms with E-state index in [-0.39, 0.29) is 13.0 Å². The molecule has 1 atom stereocenters. The Bertz CT molecular complexity index is 773. The standard InChI is InChI=1S/C14H14F3N5O2/c15-14(16,17)8-21-4-1-2-9(13(21)24)12(23)20-11-7-19-10-6-18-3-5-22(10)11/h3,5-7,9H,1-2,4,8H2,(H,20,23). The van der Waals surface area contributed by atoms with Crippen molar-refractivity contribution in [3.05, 3.63) is 24.8 Å². The number of nitrogens with zero attached hydrogens (tertiary/aromatic N) is 4. The number of halogens is 3. The fourth-order valence-electron chi connectivity index (χ4n) is 2.70. The average Bonchev–Trinajstić information content (AvgIpc) is 2.91. The molecule has 0 saturated carbocycles. The van der Waals surface area contributed by atoms with Crippen molar-refractivity contribution in [1.82, 2.24) is 19.3 Å². The van der Waals surface area contributed by atoms with Crippen LogP contribution in [-0.2, 0) is 9.59 Å². The number of alkyl halides is 3. The first-order valence-electron chi connectivity index (χ1n) is 7.28. The van der Waals surface area contributed by atoms with E-state index in [1.54, 1.807) is 10.6 Å². The second kappa shape index (κ2) is 6.10. The van der Waals surface area contributed by atoms with E-state index in [1.807, 2.05) is 0 Å². The van der Waals surface area contributed by atoms with Crippen LogP contribution in [0.2, 0.25) is 0 Å². The number of nitrogens with one attached hydrogen (secondary N) is 1. The second-order valence-corrected chi connectivity index (χ2v) is 5.51. The van der Waals surface area contributed by atoms with Gasteiger partial charge in [-0.2, -0.15) is 13.2 Å². The Morgan fingerprint density at radius 2 is 2.17 bits per heavy atom. The third kappa shape index (κ3) is 3.31. The first kappa shape index (κ1) is 16.2. The van der Waals surface area contributed by atoms with E-state index >= 15 is 0 Å². The monoisotopic (exact) mass is 341 g/mol. The van der Waals surface area contributed by atoms with Gasteiger partial charge in [-0.25, -0.2) is 4.98 Å². The molecule has 0 spiro atoms. The molecule has 1 fully saturated rings. The fourth-order valence-corrected chi connectivity index (χ4v) is 2.70. The Kier molecular flexibility index (Phi) is 4.12. The fraction of sp³-hybridized carbons (Fsp3) is 0.429. The van der Waals surface area contributed by atoms with Crippen LogP contribution in [0.5, 0.6) is 0 Å². The lowest BCUT2D eigenvalue weighted by atomic mass is 9.96. The molecule has 2 aromatic rings. The van der Waals surface area contributed by atoms with Crippen molar-refractivity contribution in [2.75, 3.05) is 18.4 Å². The van der Waals surface area contributed by atoms with Crippen LogP contribution in [0.1, 0.15) is 12.8 Å². The summed E-state index contributed by atoms with van der Waals surface area (Å²) < 4.78 is 39.1. The molecular weight excluding hydrogens is 327 g/mol. The number of hydrogen-bond donors (Lipinski definition) is 1. The highest BCUT2D eigenvalue weighted by Gasteiger charge is 2.40. The van der Waals surface area contributed by atoms with Crippen molar-refractivity contribution in [2.45, 2.75) is 19.0 Å². The Balaban J connectivity index is 1.73. The SMILES string of the molecule is O=C(Nc1cnc2cnccn12)C1CCCN(CC(F)(F)F)C1=O. The summed E-state index contributed by atoms with van der Waals surface area (Å²) in [6, 6.07) is 0. The summed E-state index contributed by atoms with van der Waals surface area (Å²) in [5.74, 6) is -2.23. The second-order valence-electron chi connectivity index (χ2n) is 5.51. The van der Waals surface area contributed by atoms with E-state index in [0.717, 1.165) is 0 Å². The predicted molar refractivity (Wildman–Crippen MR) is 77.0 cm³/mol. The molecule has 1 aliphatic rings. The molecule has 10 heteroatoms. The Hall–Kier alpha value is -2.65. The lowest BCUT2D eigenvalue weighted by Gasteiger charge is -2.32. The van der Waals surface area contributed by atoms with Gasteiger partial charge in [0.15, 0.2) is 5.65 Å². The zero-order valence-electron chi connectivity index (χ0n) is 12.5. The number of amides is 2. The van der Waals surface area contributed by atoms with Gasteiger partial charge in [-0.3, -0.25) is 19.0 Å². The van der Waals surface area contributed by atoms with Crippen LogP contribution in [0, 0.1) is 5.92 Å². The maximum Gasteiger partial charge on any atom is 0.406 e. The van der Waals surface area contributed by atoms with Gasteiger partial charge in [-0.05, 0) is 12.8 Å². The topological polar surface area (TPSA) is 79.6 Å². The third-order valence-corrected chi connectivity index (χ3v) is 3.79. The van der Waals surface area contributed by atoms with Crippen LogP contribution in [0.25, 0.3) is 5.65 Å². The number of hydrogen-bond acceptors (Lipinski definition) is 4. The number of carbonyl (C=O) groups is 2. The molecule has 24 heavy (non-hydrogen) atoms. The van der Waals surface area contributed by atoms with Gasteiger partial charge in [0.25, 0.3) is 0 Å². The smallest absolute Gasteiger partial charge is 0.333 e. The van der Waals surface area contributed by atoms with E-state index in [4.69, 9.17) is 0 Å². The summed E-state index contributed by atoms with van der Waals surface area (Å²) in [7, 11) is 0. The molecule has 0 radical (unpaired) electrons. The number of aromatic nitrogens is 3. The molecule has 3 heterocycles.